The molecule has 0 saturated carbocycles. The van der Waals surface area contributed by atoms with Crippen LogP contribution in [0.3, 0.4) is 0 Å². The van der Waals surface area contributed by atoms with Crippen LogP contribution in [-0.2, 0) is 16.2 Å². The lowest BCUT2D eigenvalue weighted by Gasteiger charge is -2.01. The van der Waals surface area contributed by atoms with Crippen molar-refractivity contribution in [2.45, 2.75) is 6.54 Å². The van der Waals surface area contributed by atoms with Gasteiger partial charge in [0.2, 0.25) is 5.91 Å². The van der Waals surface area contributed by atoms with Crippen LogP contribution in [0, 0.1) is 0 Å². The van der Waals surface area contributed by atoms with Crippen molar-refractivity contribution < 1.29 is 9.63 Å². The van der Waals surface area contributed by atoms with Gasteiger partial charge >= 0.3 is 0 Å². The molecule has 1 aromatic heterocycles. The van der Waals surface area contributed by atoms with Crippen LogP contribution in [0.2, 0.25) is 0 Å². The molecular weight excluding hydrogens is 172 g/mol. The quantitative estimate of drug-likeness (QED) is 0.449. The number of carbonyl (C=O) groups excluding carboxylic acids is 1. The number of nitrogens with two attached hydrogens (primary N) is 1. The van der Waals surface area contributed by atoms with Crippen LogP contribution in [0.5, 0.6) is 0 Å². The highest BCUT2D eigenvalue weighted by molar-refractivity contribution is 5.74. The molecule has 0 saturated heterocycles. The third-order valence-corrected chi connectivity index (χ3v) is 1.19. The molecule has 0 unspecified atom stereocenters. The van der Waals surface area contributed by atoms with Gasteiger partial charge in [-0.25, -0.2) is 0 Å². The standard InChI is InChI=1S/C7H10N4O2/c8-7(12)5-13-11-4-6-3-9-1-2-10-6/h1-3,11H,4-5H2,(H2,8,12). The van der Waals surface area contributed by atoms with Gasteiger partial charge in [-0.15, -0.1) is 0 Å². The monoisotopic (exact) mass is 182 g/mol. The van der Waals surface area contributed by atoms with Crippen LogP contribution >= 0.6 is 0 Å². The summed E-state index contributed by atoms with van der Waals surface area (Å²) in [4.78, 5) is 22.8. The van der Waals surface area contributed by atoms with E-state index in [1.807, 2.05) is 0 Å². The number of carbonyl (C=O) groups is 1. The first-order valence-electron chi connectivity index (χ1n) is 3.67. The summed E-state index contributed by atoms with van der Waals surface area (Å²) in [5.41, 5.74) is 8.10. The smallest absolute Gasteiger partial charge is 0.245 e. The Morgan fingerprint density at radius 2 is 2.46 bits per heavy atom. The molecule has 0 atom stereocenters. The zero-order valence-corrected chi connectivity index (χ0v) is 6.93. The van der Waals surface area contributed by atoms with E-state index in [1.165, 1.54) is 0 Å². The molecule has 1 aromatic rings. The maximum atomic E-state index is 10.2. The van der Waals surface area contributed by atoms with Crippen LogP contribution in [0.25, 0.3) is 0 Å². The normalized spacial score (nSPS) is 9.85. The largest absolute Gasteiger partial charge is 0.368 e. The zero-order valence-electron chi connectivity index (χ0n) is 6.93. The van der Waals surface area contributed by atoms with Crippen LogP contribution in [-0.4, -0.2) is 22.5 Å². The number of primary amides is 1. The number of amides is 1. The van der Waals surface area contributed by atoms with E-state index in [-0.39, 0.29) is 6.61 Å². The highest BCUT2D eigenvalue weighted by atomic mass is 16.6. The number of nitrogens with zero attached hydrogens (tertiary/aromatic N) is 2. The van der Waals surface area contributed by atoms with Gasteiger partial charge in [0.15, 0.2) is 0 Å². The SMILES string of the molecule is NC(=O)CONCc1cnccn1. The minimum Gasteiger partial charge on any atom is -0.368 e. The topological polar surface area (TPSA) is 90.1 Å². The minimum atomic E-state index is -0.522. The van der Waals surface area contributed by atoms with Gasteiger partial charge in [-0.1, -0.05) is 0 Å². The molecule has 0 aliphatic carbocycles. The van der Waals surface area contributed by atoms with Crippen LogP contribution in [0.15, 0.2) is 18.6 Å². The Kier molecular flexibility index (Phi) is 3.80. The summed E-state index contributed by atoms with van der Waals surface area (Å²) in [7, 11) is 0. The van der Waals surface area contributed by atoms with Crippen LogP contribution < -0.4 is 11.2 Å². The van der Waals surface area contributed by atoms with Gasteiger partial charge in [0.25, 0.3) is 0 Å². The molecule has 6 nitrogen and oxygen atoms in total. The second kappa shape index (κ2) is 5.18. The number of nitrogens with one attached hydrogen (secondary N) is 1. The van der Waals surface area contributed by atoms with E-state index >= 15 is 0 Å². The molecule has 0 bridgehead atoms. The van der Waals surface area contributed by atoms with Gasteiger partial charge < -0.3 is 5.73 Å². The molecule has 0 spiro atoms. The highest BCUT2D eigenvalue weighted by Gasteiger charge is 1.95. The van der Waals surface area contributed by atoms with E-state index in [1.54, 1.807) is 18.6 Å². The van der Waals surface area contributed by atoms with Gasteiger partial charge in [-0.05, 0) is 0 Å². The third kappa shape index (κ3) is 4.14. The van der Waals surface area contributed by atoms with E-state index < -0.39 is 5.91 Å². The molecule has 1 heterocycles. The van der Waals surface area contributed by atoms with E-state index in [0.717, 1.165) is 5.69 Å². The lowest BCUT2D eigenvalue weighted by Crippen LogP contribution is -2.24. The fourth-order valence-corrected chi connectivity index (χ4v) is 0.668. The summed E-state index contributed by atoms with van der Waals surface area (Å²) in [5, 5.41) is 0. The zero-order chi connectivity index (χ0) is 9.52. The van der Waals surface area contributed by atoms with Crippen molar-refractivity contribution in [3.63, 3.8) is 0 Å². The van der Waals surface area contributed by atoms with Crippen molar-refractivity contribution in [3.05, 3.63) is 24.3 Å². The molecule has 0 aliphatic rings. The van der Waals surface area contributed by atoms with E-state index in [9.17, 15) is 4.79 Å². The number of aromatic nitrogens is 2. The Morgan fingerprint density at radius 3 is 3.08 bits per heavy atom. The Bertz CT molecular complexity index is 264. The molecule has 0 radical (unpaired) electrons. The van der Waals surface area contributed by atoms with E-state index in [0.29, 0.717) is 6.54 Å². The Labute approximate surface area is 75.1 Å². The summed E-state index contributed by atoms with van der Waals surface area (Å²) in [6.07, 6.45) is 4.75. The van der Waals surface area contributed by atoms with Crippen molar-refractivity contribution in [1.82, 2.24) is 15.4 Å². The molecular formula is C7H10N4O2. The maximum Gasteiger partial charge on any atom is 0.245 e. The second-order valence-corrected chi connectivity index (χ2v) is 2.27. The average molecular weight is 182 g/mol. The Balaban J connectivity index is 2.17. The third-order valence-electron chi connectivity index (χ3n) is 1.19. The molecule has 1 amide bonds. The summed E-state index contributed by atoms with van der Waals surface area (Å²) in [6, 6.07) is 0. The minimum absolute atomic E-state index is 0.153. The van der Waals surface area contributed by atoms with Gasteiger partial charge in [0.05, 0.1) is 12.2 Å². The van der Waals surface area contributed by atoms with Crippen molar-refractivity contribution in [1.29, 1.82) is 0 Å². The Hall–Kier alpha value is -1.53. The first-order valence-corrected chi connectivity index (χ1v) is 3.67. The summed E-state index contributed by atoms with van der Waals surface area (Å²) in [5.74, 6) is -0.522. The molecule has 0 fully saturated rings. The molecule has 13 heavy (non-hydrogen) atoms. The van der Waals surface area contributed by atoms with Crippen molar-refractivity contribution >= 4 is 5.91 Å². The molecule has 6 heteroatoms. The molecule has 0 aromatic carbocycles. The Morgan fingerprint density at radius 1 is 1.62 bits per heavy atom. The predicted octanol–water partition coefficient (Wildman–Crippen LogP) is -1.02. The molecule has 70 valence electrons. The first-order chi connectivity index (χ1) is 6.29. The van der Waals surface area contributed by atoms with Crippen molar-refractivity contribution in [2.75, 3.05) is 6.61 Å². The van der Waals surface area contributed by atoms with E-state index in [2.05, 4.69) is 15.4 Å². The first kappa shape index (κ1) is 9.56. The average Bonchev–Trinajstić information content (AvgIpc) is 2.14. The van der Waals surface area contributed by atoms with Gasteiger partial charge in [-0.3, -0.25) is 19.6 Å². The van der Waals surface area contributed by atoms with Crippen LogP contribution in [0.1, 0.15) is 5.69 Å². The van der Waals surface area contributed by atoms with Gasteiger partial charge in [0.1, 0.15) is 6.61 Å². The van der Waals surface area contributed by atoms with Crippen LogP contribution in [0.4, 0.5) is 0 Å². The lowest BCUT2D eigenvalue weighted by molar-refractivity contribution is -0.125. The molecule has 1 rings (SSSR count). The highest BCUT2D eigenvalue weighted by Crippen LogP contribution is 1.87. The fourth-order valence-electron chi connectivity index (χ4n) is 0.668. The number of hydrogen-bond donors (Lipinski definition) is 2. The lowest BCUT2D eigenvalue weighted by atomic mass is 10.5. The predicted molar refractivity (Wildman–Crippen MR) is 44.0 cm³/mol. The van der Waals surface area contributed by atoms with Gasteiger partial charge in [0, 0.05) is 18.6 Å². The number of rotatable bonds is 5. The summed E-state index contributed by atoms with van der Waals surface area (Å²) >= 11 is 0. The summed E-state index contributed by atoms with van der Waals surface area (Å²) in [6.45, 7) is 0.237. The van der Waals surface area contributed by atoms with Crippen molar-refractivity contribution in [2.24, 2.45) is 5.73 Å². The fraction of sp³-hybridized carbons (Fsp3) is 0.286. The van der Waals surface area contributed by atoms with Crippen molar-refractivity contribution in [3.8, 4) is 0 Å². The second-order valence-electron chi connectivity index (χ2n) is 2.27. The number of hydroxylamine groups is 1. The summed E-state index contributed by atoms with van der Waals surface area (Å²) < 4.78 is 0. The molecule has 3 N–H and O–H groups in total. The van der Waals surface area contributed by atoms with Gasteiger partial charge in [-0.2, -0.15) is 5.48 Å². The number of hydrogen-bond acceptors (Lipinski definition) is 5. The molecule has 0 aliphatic heterocycles. The van der Waals surface area contributed by atoms with E-state index in [4.69, 9.17) is 10.6 Å². The maximum absolute atomic E-state index is 10.2.